The molecule has 0 unspecified atom stereocenters. The summed E-state index contributed by atoms with van der Waals surface area (Å²) in [6, 6.07) is 20.2. The Morgan fingerprint density at radius 1 is 1.03 bits per heavy atom. The van der Waals surface area contributed by atoms with Crippen LogP contribution in [0.5, 0.6) is 0 Å². The van der Waals surface area contributed by atoms with Crippen molar-refractivity contribution in [2.45, 2.75) is 26.2 Å². The van der Waals surface area contributed by atoms with Gasteiger partial charge >= 0.3 is 0 Å². The van der Waals surface area contributed by atoms with Crippen LogP contribution in [0.1, 0.15) is 34.6 Å². The lowest BCUT2D eigenvalue weighted by atomic mass is 9.90. The highest BCUT2D eigenvalue weighted by Gasteiger charge is 2.25. The molecule has 3 aromatic heterocycles. The monoisotopic (exact) mass is 491 g/mol. The second-order valence-electron chi connectivity index (χ2n) is 9.82. The van der Waals surface area contributed by atoms with Gasteiger partial charge in [-0.2, -0.15) is 5.10 Å². The number of amides is 1. The normalized spacial score (nSPS) is 14.4. The number of rotatable bonds is 5. The van der Waals surface area contributed by atoms with Gasteiger partial charge in [-0.05, 0) is 67.5 Å². The highest BCUT2D eigenvalue weighted by Crippen LogP contribution is 2.30. The van der Waals surface area contributed by atoms with E-state index in [-0.39, 0.29) is 5.91 Å². The standard InChI is InChI=1S/C30H29N5O2/c1-20-25(19-32-34(20)2)23-8-9-28-26(17-23)33-29(37-28)24-10-13-31-27(18-24)30(36)35-14-11-22(12-15-35)16-21-6-4-3-5-7-21/h3-10,13,17-19,22H,11-12,14-16H2,1-2H3. The van der Waals surface area contributed by atoms with Gasteiger partial charge in [-0.1, -0.05) is 36.4 Å². The molecular weight excluding hydrogens is 462 g/mol. The molecule has 1 amide bonds. The SMILES string of the molecule is Cc1c(-c2ccc3oc(-c4ccnc(C(=O)N5CCC(Cc6ccccc6)CC5)c4)nc3c2)cnn1C. The summed E-state index contributed by atoms with van der Waals surface area (Å²) >= 11 is 0. The second-order valence-corrected chi connectivity index (χ2v) is 9.82. The lowest BCUT2D eigenvalue weighted by Gasteiger charge is -2.32. The fourth-order valence-electron chi connectivity index (χ4n) is 5.13. The Kier molecular flexibility index (Phi) is 6.04. The molecule has 4 heterocycles. The molecule has 0 saturated carbocycles. The van der Waals surface area contributed by atoms with E-state index in [0.717, 1.165) is 60.3 Å². The highest BCUT2D eigenvalue weighted by atomic mass is 16.3. The van der Waals surface area contributed by atoms with E-state index >= 15 is 0 Å². The first-order chi connectivity index (χ1) is 18.0. The van der Waals surface area contributed by atoms with E-state index in [1.165, 1.54) is 5.56 Å². The molecular formula is C30H29N5O2. The number of likely N-dealkylation sites (tertiary alicyclic amines) is 1. The Bertz CT molecular complexity index is 1560. The van der Waals surface area contributed by atoms with Gasteiger partial charge < -0.3 is 9.32 Å². The highest BCUT2D eigenvalue weighted by molar-refractivity contribution is 5.93. The van der Waals surface area contributed by atoms with Crippen molar-refractivity contribution in [3.8, 4) is 22.6 Å². The van der Waals surface area contributed by atoms with E-state index in [2.05, 4.69) is 34.3 Å². The van der Waals surface area contributed by atoms with Crippen LogP contribution in [0.2, 0.25) is 0 Å². The average molecular weight is 492 g/mol. The maximum Gasteiger partial charge on any atom is 0.272 e. The van der Waals surface area contributed by atoms with Gasteiger partial charge in [0, 0.05) is 43.2 Å². The topological polar surface area (TPSA) is 77.1 Å². The van der Waals surface area contributed by atoms with Crippen molar-refractivity contribution in [3.05, 3.63) is 90.0 Å². The fraction of sp³-hybridized carbons (Fsp3) is 0.267. The lowest BCUT2D eigenvalue weighted by molar-refractivity contribution is 0.0684. The van der Waals surface area contributed by atoms with E-state index in [0.29, 0.717) is 23.1 Å². The smallest absolute Gasteiger partial charge is 0.272 e. The summed E-state index contributed by atoms with van der Waals surface area (Å²) in [6.07, 6.45) is 6.59. The number of piperidine rings is 1. The predicted molar refractivity (Wildman–Crippen MR) is 143 cm³/mol. The number of hydrogen-bond acceptors (Lipinski definition) is 5. The summed E-state index contributed by atoms with van der Waals surface area (Å²) in [6.45, 7) is 3.55. The number of carbonyl (C=O) groups is 1. The number of nitrogens with zero attached hydrogens (tertiary/aromatic N) is 5. The molecule has 37 heavy (non-hydrogen) atoms. The Labute approximate surface area is 215 Å². The van der Waals surface area contributed by atoms with Crippen LogP contribution < -0.4 is 0 Å². The number of benzene rings is 2. The molecule has 0 N–H and O–H groups in total. The summed E-state index contributed by atoms with van der Waals surface area (Å²) in [4.78, 5) is 24.3. The molecule has 0 atom stereocenters. The summed E-state index contributed by atoms with van der Waals surface area (Å²) in [5.41, 5.74) is 7.19. The molecule has 1 fully saturated rings. The van der Waals surface area contributed by atoms with Crippen molar-refractivity contribution in [2.75, 3.05) is 13.1 Å². The number of aromatic nitrogens is 4. The van der Waals surface area contributed by atoms with Crippen molar-refractivity contribution < 1.29 is 9.21 Å². The van der Waals surface area contributed by atoms with Crippen molar-refractivity contribution in [1.82, 2.24) is 24.6 Å². The molecule has 0 radical (unpaired) electrons. The minimum atomic E-state index is -0.0366. The van der Waals surface area contributed by atoms with Gasteiger partial charge in [0.05, 0.1) is 6.20 Å². The third-order valence-corrected chi connectivity index (χ3v) is 7.43. The van der Waals surface area contributed by atoms with Crippen molar-refractivity contribution in [2.24, 2.45) is 13.0 Å². The average Bonchev–Trinajstić information content (AvgIpc) is 3.52. The maximum absolute atomic E-state index is 13.3. The quantitative estimate of drug-likeness (QED) is 0.315. The number of aryl methyl sites for hydroxylation is 1. The molecule has 5 aromatic rings. The minimum Gasteiger partial charge on any atom is -0.436 e. The van der Waals surface area contributed by atoms with Gasteiger partial charge in [0.15, 0.2) is 5.58 Å². The molecule has 6 rings (SSSR count). The molecule has 7 nitrogen and oxygen atoms in total. The van der Waals surface area contributed by atoms with Crippen LogP contribution in [0.25, 0.3) is 33.7 Å². The Morgan fingerprint density at radius 3 is 2.59 bits per heavy atom. The summed E-state index contributed by atoms with van der Waals surface area (Å²) in [7, 11) is 1.93. The van der Waals surface area contributed by atoms with E-state index < -0.39 is 0 Å². The first-order valence-electron chi connectivity index (χ1n) is 12.7. The van der Waals surface area contributed by atoms with Crippen LogP contribution in [0.4, 0.5) is 0 Å². The first kappa shape index (κ1) is 23.2. The molecule has 1 aliphatic heterocycles. The molecule has 0 spiro atoms. The molecule has 186 valence electrons. The zero-order valence-electron chi connectivity index (χ0n) is 21.1. The number of fused-ring (bicyclic) bond motifs is 1. The Hall–Kier alpha value is -4.26. The van der Waals surface area contributed by atoms with Crippen LogP contribution in [0, 0.1) is 12.8 Å². The number of hydrogen-bond donors (Lipinski definition) is 0. The van der Waals surface area contributed by atoms with E-state index in [1.807, 2.05) is 60.1 Å². The second kappa shape index (κ2) is 9.65. The van der Waals surface area contributed by atoms with Gasteiger partial charge in [-0.25, -0.2) is 4.98 Å². The number of pyridine rings is 1. The van der Waals surface area contributed by atoms with Gasteiger partial charge in [0.25, 0.3) is 5.91 Å². The number of carbonyl (C=O) groups excluding carboxylic acids is 1. The Balaban J connectivity index is 1.17. The van der Waals surface area contributed by atoms with E-state index in [4.69, 9.17) is 9.40 Å². The molecule has 1 aliphatic rings. The van der Waals surface area contributed by atoms with Crippen LogP contribution in [0.3, 0.4) is 0 Å². The predicted octanol–water partition coefficient (Wildman–Crippen LogP) is 5.69. The largest absolute Gasteiger partial charge is 0.436 e. The third-order valence-electron chi connectivity index (χ3n) is 7.43. The van der Waals surface area contributed by atoms with Crippen molar-refractivity contribution in [1.29, 1.82) is 0 Å². The number of oxazole rings is 1. The van der Waals surface area contributed by atoms with Crippen molar-refractivity contribution >= 4 is 17.0 Å². The van der Waals surface area contributed by atoms with Crippen molar-refractivity contribution in [3.63, 3.8) is 0 Å². The molecule has 2 aromatic carbocycles. The van der Waals surface area contributed by atoms with Gasteiger partial charge in [-0.15, -0.1) is 0 Å². The lowest BCUT2D eigenvalue weighted by Crippen LogP contribution is -2.39. The molecule has 0 bridgehead atoms. The van der Waals surface area contributed by atoms with Crippen LogP contribution in [-0.2, 0) is 13.5 Å². The summed E-state index contributed by atoms with van der Waals surface area (Å²) in [5, 5.41) is 4.34. The molecule has 7 heteroatoms. The fourth-order valence-corrected chi connectivity index (χ4v) is 5.13. The first-order valence-corrected chi connectivity index (χ1v) is 12.7. The van der Waals surface area contributed by atoms with E-state index in [9.17, 15) is 4.79 Å². The maximum atomic E-state index is 13.3. The summed E-state index contributed by atoms with van der Waals surface area (Å²) in [5.74, 6) is 1.05. The summed E-state index contributed by atoms with van der Waals surface area (Å²) < 4.78 is 7.90. The van der Waals surface area contributed by atoms with Crippen LogP contribution >= 0.6 is 0 Å². The Morgan fingerprint density at radius 2 is 1.84 bits per heavy atom. The van der Waals surface area contributed by atoms with Crippen LogP contribution in [-0.4, -0.2) is 43.6 Å². The zero-order valence-corrected chi connectivity index (χ0v) is 21.1. The molecule has 1 saturated heterocycles. The van der Waals surface area contributed by atoms with Gasteiger partial charge in [0.2, 0.25) is 5.89 Å². The van der Waals surface area contributed by atoms with Gasteiger partial charge in [0.1, 0.15) is 11.2 Å². The third kappa shape index (κ3) is 4.65. The van der Waals surface area contributed by atoms with Crippen LogP contribution in [0.15, 0.2) is 77.5 Å². The zero-order chi connectivity index (χ0) is 25.4. The minimum absolute atomic E-state index is 0.0366. The van der Waals surface area contributed by atoms with Gasteiger partial charge in [-0.3, -0.25) is 14.5 Å². The molecule has 0 aliphatic carbocycles. The van der Waals surface area contributed by atoms with E-state index in [1.54, 1.807) is 12.3 Å².